The minimum absolute atomic E-state index is 0.0181. The number of amides is 1. The summed E-state index contributed by atoms with van der Waals surface area (Å²) in [5.74, 6) is 0.0281. The quantitative estimate of drug-likeness (QED) is 0.589. The first kappa shape index (κ1) is 17.4. The van der Waals surface area contributed by atoms with Crippen LogP contribution in [0.2, 0.25) is 0 Å². The Hall–Kier alpha value is -0.690. The second-order valence-corrected chi connectivity index (χ2v) is 4.78. The largest absolute Gasteiger partial charge is 0.380 e. The molecule has 2 unspecified atom stereocenters. The van der Waals surface area contributed by atoms with E-state index >= 15 is 0 Å². The molecule has 0 saturated carbocycles. The molecule has 2 atom stereocenters. The van der Waals surface area contributed by atoms with Crippen molar-refractivity contribution in [3.63, 3.8) is 0 Å². The van der Waals surface area contributed by atoms with Gasteiger partial charge in [0, 0.05) is 32.8 Å². The molecular formula is C14H28N2O4. The molecule has 1 saturated heterocycles. The van der Waals surface area contributed by atoms with Crippen molar-refractivity contribution in [2.75, 3.05) is 46.1 Å². The minimum atomic E-state index is -0.355. The molecule has 0 radical (unpaired) electrons. The van der Waals surface area contributed by atoms with Gasteiger partial charge in [-0.15, -0.1) is 0 Å². The Kier molecular flexibility index (Phi) is 8.77. The Morgan fingerprint density at radius 3 is 2.25 bits per heavy atom. The van der Waals surface area contributed by atoms with E-state index in [1.165, 1.54) is 0 Å². The average molecular weight is 288 g/mol. The Morgan fingerprint density at radius 1 is 1.20 bits per heavy atom. The summed E-state index contributed by atoms with van der Waals surface area (Å²) in [5.41, 5.74) is 5.58. The maximum Gasteiger partial charge on any atom is 0.251 e. The van der Waals surface area contributed by atoms with Crippen LogP contribution in [0.1, 0.15) is 26.7 Å². The van der Waals surface area contributed by atoms with Crippen LogP contribution in [0.25, 0.3) is 0 Å². The van der Waals surface area contributed by atoms with E-state index in [0.717, 1.165) is 12.8 Å². The topological polar surface area (TPSA) is 74.0 Å². The lowest BCUT2D eigenvalue weighted by Gasteiger charge is -2.25. The van der Waals surface area contributed by atoms with Crippen LogP contribution < -0.4 is 5.73 Å². The second-order valence-electron chi connectivity index (χ2n) is 4.78. The van der Waals surface area contributed by atoms with Crippen molar-refractivity contribution in [1.82, 2.24) is 4.90 Å². The fraction of sp³-hybridized carbons (Fsp3) is 0.929. The van der Waals surface area contributed by atoms with Crippen molar-refractivity contribution in [2.24, 2.45) is 5.73 Å². The van der Waals surface area contributed by atoms with E-state index in [2.05, 4.69) is 0 Å². The minimum Gasteiger partial charge on any atom is -0.380 e. The molecule has 1 fully saturated rings. The SMILES string of the molecule is CCOCCN(CCOCC)C(=O)C1CCC(CN)O1. The predicted octanol–water partition coefficient (Wildman–Crippen LogP) is 0.394. The van der Waals surface area contributed by atoms with E-state index in [1.807, 2.05) is 13.8 Å². The first-order valence-electron chi connectivity index (χ1n) is 7.52. The highest BCUT2D eigenvalue weighted by Gasteiger charge is 2.32. The third-order valence-electron chi connectivity index (χ3n) is 3.38. The molecule has 0 aromatic carbocycles. The first-order chi connectivity index (χ1) is 9.72. The molecule has 1 aliphatic heterocycles. The standard InChI is InChI=1S/C14H28N2O4/c1-3-18-9-7-16(8-10-19-4-2)14(17)13-6-5-12(11-15)20-13/h12-13H,3-11,15H2,1-2H3. The highest BCUT2D eigenvalue weighted by molar-refractivity contribution is 5.81. The van der Waals surface area contributed by atoms with E-state index in [-0.39, 0.29) is 18.1 Å². The van der Waals surface area contributed by atoms with Crippen molar-refractivity contribution in [3.05, 3.63) is 0 Å². The number of hydrogen-bond donors (Lipinski definition) is 1. The lowest BCUT2D eigenvalue weighted by atomic mass is 10.2. The molecule has 0 spiro atoms. The lowest BCUT2D eigenvalue weighted by Crippen LogP contribution is -2.43. The Balaban J connectivity index is 2.45. The Bertz CT molecular complexity index is 266. The third-order valence-corrected chi connectivity index (χ3v) is 3.38. The summed E-state index contributed by atoms with van der Waals surface area (Å²) >= 11 is 0. The molecule has 118 valence electrons. The fourth-order valence-electron chi connectivity index (χ4n) is 2.23. The molecule has 2 N–H and O–H groups in total. The average Bonchev–Trinajstić information content (AvgIpc) is 2.94. The predicted molar refractivity (Wildman–Crippen MR) is 76.5 cm³/mol. The highest BCUT2D eigenvalue weighted by Crippen LogP contribution is 2.20. The van der Waals surface area contributed by atoms with Gasteiger partial charge in [-0.05, 0) is 26.7 Å². The van der Waals surface area contributed by atoms with Gasteiger partial charge in [-0.1, -0.05) is 0 Å². The number of nitrogens with zero attached hydrogens (tertiary/aromatic N) is 1. The Morgan fingerprint density at radius 2 is 1.80 bits per heavy atom. The van der Waals surface area contributed by atoms with Gasteiger partial charge in [0.1, 0.15) is 6.10 Å². The molecule has 0 aromatic rings. The number of carbonyl (C=O) groups is 1. The van der Waals surface area contributed by atoms with Crippen LogP contribution in [-0.4, -0.2) is 69.1 Å². The van der Waals surface area contributed by atoms with E-state index in [1.54, 1.807) is 4.90 Å². The summed E-state index contributed by atoms with van der Waals surface area (Å²) in [6.45, 7) is 7.91. The molecule has 1 amide bonds. The smallest absolute Gasteiger partial charge is 0.251 e. The van der Waals surface area contributed by atoms with Gasteiger partial charge >= 0.3 is 0 Å². The van der Waals surface area contributed by atoms with Crippen LogP contribution in [0.5, 0.6) is 0 Å². The first-order valence-corrected chi connectivity index (χ1v) is 7.52. The molecule has 0 bridgehead atoms. The van der Waals surface area contributed by atoms with Crippen LogP contribution in [0, 0.1) is 0 Å². The maximum atomic E-state index is 12.4. The van der Waals surface area contributed by atoms with Gasteiger partial charge in [0.15, 0.2) is 0 Å². The van der Waals surface area contributed by atoms with Gasteiger partial charge < -0.3 is 24.8 Å². The molecule has 20 heavy (non-hydrogen) atoms. The number of rotatable bonds is 10. The van der Waals surface area contributed by atoms with Crippen LogP contribution in [0.15, 0.2) is 0 Å². The van der Waals surface area contributed by atoms with Gasteiger partial charge in [-0.2, -0.15) is 0 Å². The van der Waals surface area contributed by atoms with Crippen LogP contribution in [-0.2, 0) is 19.0 Å². The van der Waals surface area contributed by atoms with Crippen molar-refractivity contribution in [2.45, 2.75) is 38.9 Å². The number of ether oxygens (including phenoxy) is 3. The molecule has 1 heterocycles. The van der Waals surface area contributed by atoms with Gasteiger partial charge in [-0.25, -0.2) is 0 Å². The molecule has 0 aliphatic carbocycles. The lowest BCUT2D eigenvalue weighted by molar-refractivity contribution is -0.144. The van der Waals surface area contributed by atoms with Crippen molar-refractivity contribution < 1.29 is 19.0 Å². The molecule has 0 aromatic heterocycles. The van der Waals surface area contributed by atoms with Crippen molar-refractivity contribution in [1.29, 1.82) is 0 Å². The van der Waals surface area contributed by atoms with Crippen LogP contribution in [0.4, 0.5) is 0 Å². The third kappa shape index (κ3) is 5.75. The van der Waals surface area contributed by atoms with Crippen molar-refractivity contribution in [3.8, 4) is 0 Å². The zero-order chi connectivity index (χ0) is 14.8. The van der Waals surface area contributed by atoms with E-state index in [0.29, 0.717) is 46.1 Å². The number of hydrogen-bond acceptors (Lipinski definition) is 5. The zero-order valence-electron chi connectivity index (χ0n) is 12.7. The number of nitrogens with two attached hydrogens (primary N) is 1. The van der Waals surface area contributed by atoms with Gasteiger partial charge in [0.25, 0.3) is 5.91 Å². The summed E-state index contributed by atoms with van der Waals surface area (Å²) in [7, 11) is 0. The summed E-state index contributed by atoms with van der Waals surface area (Å²) in [6, 6.07) is 0. The summed E-state index contributed by atoms with van der Waals surface area (Å²) in [6.07, 6.45) is 1.27. The zero-order valence-corrected chi connectivity index (χ0v) is 12.7. The van der Waals surface area contributed by atoms with Crippen LogP contribution in [0.3, 0.4) is 0 Å². The monoisotopic (exact) mass is 288 g/mol. The summed E-state index contributed by atoms with van der Waals surface area (Å²) in [4.78, 5) is 14.2. The summed E-state index contributed by atoms with van der Waals surface area (Å²) < 4.78 is 16.3. The van der Waals surface area contributed by atoms with E-state index in [4.69, 9.17) is 19.9 Å². The molecular weight excluding hydrogens is 260 g/mol. The molecule has 6 nitrogen and oxygen atoms in total. The van der Waals surface area contributed by atoms with Gasteiger partial charge in [0.2, 0.25) is 0 Å². The highest BCUT2D eigenvalue weighted by atomic mass is 16.5. The van der Waals surface area contributed by atoms with E-state index in [9.17, 15) is 4.79 Å². The molecule has 1 rings (SSSR count). The summed E-state index contributed by atoms with van der Waals surface area (Å²) in [5, 5.41) is 0. The Labute approximate surface area is 121 Å². The van der Waals surface area contributed by atoms with Gasteiger partial charge in [-0.3, -0.25) is 4.79 Å². The fourth-order valence-corrected chi connectivity index (χ4v) is 2.23. The maximum absolute atomic E-state index is 12.4. The van der Waals surface area contributed by atoms with Crippen LogP contribution >= 0.6 is 0 Å². The van der Waals surface area contributed by atoms with E-state index < -0.39 is 0 Å². The normalized spacial score (nSPS) is 22.1. The van der Waals surface area contributed by atoms with Crippen molar-refractivity contribution >= 4 is 5.91 Å². The van der Waals surface area contributed by atoms with Gasteiger partial charge in [0.05, 0.1) is 19.3 Å². The second kappa shape index (κ2) is 10.1. The molecule has 6 heteroatoms. The molecule has 1 aliphatic rings. The number of carbonyl (C=O) groups excluding carboxylic acids is 1.